The SMILES string of the molecule is CCN(CC(=O)OC)C(=O)N1CC2CCCC2C1C(=O)O. The van der Waals surface area contributed by atoms with Crippen LogP contribution in [0.2, 0.25) is 0 Å². The van der Waals surface area contributed by atoms with E-state index in [2.05, 4.69) is 4.74 Å². The van der Waals surface area contributed by atoms with Gasteiger partial charge in [-0.25, -0.2) is 9.59 Å². The number of fused-ring (bicyclic) bond motifs is 1. The van der Waals surface area contributed by atoms with E-state index in [-0.39, 0.29) is 24.4 Å². The maximum Gasteiger partial charge on any atom is 0.326 e. The summed E-state index contributed by atoms with van der Waals surface area (Å²) in [5.74, 6) is -1.14. The Morgan fingerprint density at radius 2 is 2.05 bits per heavy atom. The van der Waals surface area contributed by atoms with Crippen molar-refractivity contribution in [2.45, 2.75) is 32.2 Å². The summed E-state index contributed by atoms with van der Waals surface area (Å²) in [5.41, 5.74) is 0. The molecule has 118 valence electrons. The van der Waals surface area contributed by atoms with Crippen LogP contribution in [0.4, 0.5) is 4.79 Å². The number of carbonyl (C=O) groups is 3. The van der Waals surface area contributed by atoms with Crippen molar-refractivity contribution in [1.82, 2.24) is 9.80 Å². The second-order valence-corrected chi connectivity index (χ2v) is 5.66. The number of esters is 1. The smallest absolute Gasteiger partial charge is 0.326 e. The molecule has 3 unspecified atom stereocenters. The molecule has 2 aliphatic rings. The number of rotatable bonds is 4. The highest BCUT2D eigenvalue weighted by atomic mass is 16.5. The number of urea groups is 1. The van der Waals surface area contributed by atoms with Gasteiger partial charge in [-0.2, -0.15) is 0 Å². The average molecular weight is 298 g/mol. The number of carboxylic acids is 1. The summed E-state index contributed by atoms with van der Waals surface area (Å²) < 4.78 is 4.58. The number of nitrogens with zero attached hydrogens (tertiary/aromatic N) is 2. The zero-order chi connectivity index (χ0) is 15.6. The summed E-state index contributed by atoms with van der Waals surface area (Å²) in [6.45, 7) is 2.42. The molecule has 3 atom stereocenters. The van der Waals surface area contributed by atoms with Crippen LogP contribution in [0.25, 0.3) is 0 Å². The van der Waals surface area contributed by atoms with Gasteiger partial charge >= 0.3 is 18.0 Å². The Balaban J connectivity index is 2.13. The first-order valence-corrected chi connectivity index (χ1v) is 7.34. The number of aliphatic carboxylic acids is 1. The van der Waals surface area contributed by atoms with Crippen LogP contribution in [0.5, 0.6) is 0 Å². The third-order valence-corrected chi connectivity index (χ3v) is 4.59. The van der Waals surface area contributed by atoms with Gasteiger partial charge in [-0.1, -0.05) is 6.42 Å². The quantitative estimate of drug-likeness (QED) is 0.775. The first-order valence-electron chi connectivity index (χ1n) is 7.34. The fourth-order valence-corrected chi connectivity index (χ4v) is 3.54. The zero-order valence-corrected chi connectivity index (χ0v) is 12.4. The minimum atomic E-state index is -0.952. The molecule has 0 spiro atoms. The fourth-order valence-electron chi connectivity index (χ4n) is 3.54. The topological polar surface area (TPSA) is 87.2 Å². The Morgan fingerprint density at radius 1 is 1.33 bits per heavy atom. The molecule has 7 heteroatoms. The van der Waals surface area contributed by atoms with E-state index in [4.69, 9.17) is 0 Å². The molecular weight excluding hydrogens is 276 g/mol. The highest BCUT2D eigenvalue weighted by molar-refractivity contribution is 5.86. The van der Waals surface area contributed by atoms with Crippen LogP contribution in [-0.4, -0.2) is 65.7 Å². The van der Waals surface area contributed by atoms with Crippen LogP contribution in [-0.2, 0) is 14.3 Å². The third kappa shape index (κ3) is 2.96. The van der Waals surface area contributed by atoms with Crippen molar-refractivity contribution < 1.29 is 24.2 Å². The molecule has 1 saturated carbocycles. The Kier molecular flexibility index (Phi) is 4.69. The summed E-state index contributed by atoms with van der Waals surface area (Å²) in [5, 5.41) is 9.46. The van der Waals surface area contributed by atoms with Crippen LogP contribution < -0.4 is 0 Å². The molecule has 1 aliphatic heterocycles. The van der Waals surface area contributed by atoms with E-state index in [1.165, 1.54) is 16.9 Å². The third-order valence-electron chi connectivity index (χ3n) is 4.59. The monoisotopic (exact) mass is 298 g/mol. The molecular formula is C14H22N2O5. The van der Waals surface area contributed by atoms with Crippen LogP contribution in [0.15, 0.2) is 0 Å². The Labute approximate surface area is 123 Å². The number of hydrogen-bond donors (Lipinski definition) is 1. The lowest BCUT2D eigenvalue weighted by Crippen LogP contribution is -2.50. The second kappa shape index (κ2) is 6.32. The number of amides is 2. The van der Waals surface area contributed by atoms with Crippen LogP contribution in [0.1, 0.15) is 26.2 Å². The normalized spacial score (nSPS) is 27.3. The van der Waals surface area contributed by atoms with Crippen molar-refractivity contribution in [2.24, 2.45) is 11.8 Å². The first kappa shape index (κ1) is 15.6. The van der Waals surface area contributed by atoms with Gasteiger partial charge in [-0.15, -0.1) is 0 Å². The fraction of sp³-hybridized carbons (Fsp3) is 0.786. The predicted molar refractivity (Wildman–Crippen MR) is 73.6 cm³/mol. The van der Waals surface area contributed by atoms with E-state index in [9.17, 15) is 19.5 Å². The van der Waals surface area contributed by atoms with Crippen molar-refractivity contribution in [3.8, 4) is 0 Å². The Bertz CT molecular complexity index is 439. The van der Waals surface area contributed by atoms with E-state index in [0.717, 1.165) is 19.3 Å². The van der Waals surface area contributed by atoms with Crippen molar-refractivity contribution >= 4 is 18.0 Å². The second-order valence-electron chi connectivity index (χ2n) is 5.66. The molecule has 1 saturated heterocycles. The van der Waals surface area contributed by atoms with Crippen LogP contribution >= 0.6 is 0 Å². The Hall–Kier alpha value is -1.79. The summed E-state index contributed by atoms with van der Waals surface area (Å²) in [7, 11) is 1.26. The van der Waals surface area contributed by atoms with E-state index >= 15 is 0 Å². The molecule has 1 N–H and O–H groups in total. The summed E-state index contributed by atoms with van der Waals surface area (Å²) in [6, 6.07) is -1.15. The summed E-state index contributed by atoms with van der Waals surface area (Å²) in [4.78, 5) is 38.2. The summed E-state index contributed by atoms with van der Waals surface area (Å²) in [6.07, 6.45) is 2.86. The molecule has 2 amide bonds. The van der Waals surface area contributed by atoms with Gasteiger partial charge in [0.25, 0.3) is 0 Å². The number of carboxylic acid groups (broad SMARTS) is 1. The van der Waals surface area contributed by atoms with Gasteiger partial charge in [0.15, 0.2) is 0 Å². The lowest BCUT2D eigenvalue weighted by molar-refractivity contribution is -0.142. The average Bonchev–Trinajstić information content (AvgIpc) is 3.03. The number of ether oxygens (including phenoxy) is 1. The molecule has 0 aromatic heterocycles. The van der Waals surface area contributed by atoms with Gasteiger partial charge in [0.1, 0.15) is 12.6 Å². The molecule has 2 rings (SSSR count). The van der Waals surface area contributed by atoms with Gasteiger partial charge < -0.3 is 19.6 Å². The molecule has 2 fully saturated rings. The number of likely N-dealkylation sites (tertiary alicyclic amines) is 1. The molecule has 0 bridgehead atoms. The molecule has 0 aromatic rings. The van der Waals surface area contributed by atoms with Crippen LogP contribution in [0.3, 0.4) is 0 Å². The van der Waals surface area contributed by atoms with Gasteiger partial charge in [0.05, 0.1) is 7.11 Å². The zero-order valence-electron chi connectivity index (χ0n) is 12.4. The van der Waals surface area contributed by atoms with E-state index in [0.29, 0.717) is 13.1 Å². The van der Waals surface area contributed by atoms with Crippen molar-refractivity contribution in [3.05, 3.63) is 0 Å². The number of carbonyl (C=O) groups excluding carboxylic acids is 2. The lowest BCUT2D eigenvalue weighted by Gasteiger charge is -2.30. The highest BCUT2D eigenvalue weighted by Gasteiger charge is 2.50. The van der Waals surface area contributed by atoms with Gasteiger partial charge in [-0.3, -0.25) is 4.79 Å². The molecule has 1 heterocycles. The molecule has 1 aliphatic carbocycles. The van der Waals surface area contributed by atoms with Crippen molar-refractivity contribution in [1.29, 1.82) is 0 Å². The minimum absolute atomic E-state index is 0.0447. The maximum absolute atomic E-state index is 12.6. The lowest BCUT2D eigenvalue weighted by atomic mass is 9.94. The standard InChI is InChI=1S/C14H22N2O5/c1-3-15(8-11(17)21-2)14(20)16-7-9-5-4-6-10(9)12(16)13(18)19/h9-10,12H,3-8H2,1-2H3,(H,18,19). The Morgan fingerprint density at radius 3 is 2.62 bits per heavy atom. The largest absolute Gasteiger partial charge is 0.480 e. The van der Waals surface area contributed by atoms with Crippen molar-refractivity contribution in [3.63, 3.8) is 0 Å². The highest BCUT2D eigenvalue weighted by Crippen LogP contribution is 2.42. The van der Waals surface area contributed by atoms with E-state index in [1.54, 1.807) is 6.92 Å². The number of likely N-dealkylation sites (N-methyl/N-ethyl adjacent to an activating group) is 1. The van der Waals surface area contributed by atoms with Crippen LogP contribution in [0, 0.1) is 11.8 Å². The number of hydrogen-bond acceptors (Lipinski definition) is 4. The van der Waals surface area contributed by atoms with Gasteiger partial charge in [0.2, 0.25) is 0 Å². The first-order chi connectivity index (χ1) is 9.99. The molecule has 0 radical (unpaired) electrons. The maximum atomic E-state index is 12.6. The number of methoxy groups -OCH3 is 1. The van der Waals surface area contributed by atoms with Gasteiger partial charge in [-0.05, 0) is 31.6 Å². The predicted octanol–water partition coefficient (Wildman–Crippen LogP) is 0.786. The molecule has 7 nitrogen and oxygen atoms in total. The minimum Gasteiger partial charge on any atom is -0.480 e. The molecule has 21 heavy (non-hydrogen) atoms. The summed E-state index contributed by atoms with van der Waals surface area (Å²) >= 11 is 0. The molecule has 0 aromatic carbocycles. The van der Waals surface area contributed by atoms with Crippen molar-refractivity contribution in [2.75, 3.05) is 26.7 Å². The van der Waals surface area contributed by atoms with E-state index in [1.807, 2.05) is 0 Å². The van der Waals surface area contributed by atoms with E-state index < -0.39 is 18.0 Å². The van der Waals surface area contributed by atoms with Gasteiger partial charge in [0, 0.05) is 13.1 Å².